The molecule has 0 aromatic carbocycles. The van der Waals surface area contributed by atoms with Gasteiger partial charge < -0.3 is 10.2 Å². The molecule has 2 atom stereocenters. The number of likely N-dealkylation sites (tertiary alicyclic amines) is 1. The average Bonchev–Trinajstić information content (AvgIpc) is 2.83. The van der Waals surface area contributed by atoms with Gasteiger partial charge in [0, 0.05) is 12.2 Å². The van der Waals surface area contributed by atoms with Crippen molar-refractivity contribution in [3.8, 4) is 0 Å². The van der Waals surface area contributed by atoms with Gasteiger partial charge in [-0.15, -0.1) is 0 Å². The first-order chi connectivity index (χ1) is 8.63. The Kier molecular flexibility index (Phi) is 4.06. The molecule has 0 saturated carbocycles. The van der Waals surface area contributed by atoms with E-state index in [0.717, 1.165) is 18.5 Å². The molecule has 5 heteroatoms. The summed E-state index contributed by atoms with van der Waals surface area (Å²) in [7, 11) is 2.08. The Morgan fingerprint density at radius 1 is 1.61 bits per heavy atom. The molecule has 1 aromatic rings. The molecule has 18 heavy (non-hydrogen) atoms. The molecule has 2 heterocycles. The highest BCUT2D eigenvalue weighted by molar-refractivity contribution is 5.97. The standard InChI is InChI=1S/C13H18N2O3/c1-15-6-2-3-11(15)9-4-5-10(14-7-9)13(18)12(17)8-16/h4-5,7,11-12,16-17H,2-3,6,8H2,1H3. The number of pyridine rings is 1. The van der Waals surface area contributed by atoms with Gasteiger partial charge >= 0.3 is 0 Å². The van der Waals surface area contributed by atoms with Crippen LogP contribution in [0.25, 0.3) is 0 Å². The van der Waals surface area contributed by atoms with Crippen molar-refractivity contribution in [2.45, 2.75) is 25.0 Å². The third-order valence-corrected chi connectivity index (χ3v) is 3.42. The third-order valence-electron chi connectivity index (χ3n) is 3.42. The summed E-state index contributed by atoms with van der Waals surface area (Å²) in [6.07, 6.45) is 2.58. The molecular weight excluding hydrogens is 232 g/mol. The van der Waals surface area contributed by atoms with Crippen molar-refractivity contribution < 1.29 is 15.0 Å². The second kappa shape index (κ2) is 5.56. The molecule has 1 fully saturated rings. The lowest BCUT2D eigenvalue weighted by Crippen LogP contribution is -2.25. The number of ketones is 1. The summed E-state index contributed by atoms with van der Waals surface area (Å²) in [6, 6.07) is 3.85. The number of aliphatic hydroxyl groups excluding tert-OH is 2. The first-order valence-corrected chi connectivity index (χ1v) is 6.13. The van der Waals surface area contributed by atoms with E-state index in [1.165, 1.54) is 6.42 Å². The predicted octanol–water partition coefficient (Wildman–Crippen LogP) is 0.384. The summed E-state index contributed by atoms with van der Waals surface area (Å²) in [4.78, 5) is 17.9. The quantitative estimate of drug-likeness (QED) is 0.756. The van der Waals surface area contributed by atoms with Crippen LogP contribution in [0.15, 0.2) is 18.3 Å². The molecule has 0 aliphatic carbocycles. The number of aromatic nitrogens is 1. The highest BCUT2D eigenvalue weighted by atomic mass is 16.3. The van der Waals surface area contributed by atoms with E-state index >= 15 is 0 Å². The van der Waals surface area contributed by atoms with Gasteiger partial charge in [0.1, 0.15) is 11.8 Å². The Labute approximate surface area is 106 Å². The number of hydrogen-bond donors (Lipinski definition) is 2. The van der Waals surface area contributed by atoms with E-state index < -0.39 is 18.5 Å². The van der Waals surface area contributed by atoms with E-state index in [4.69, 9.17) is 5.11 Å². The van der Waals surface area contributed by atoms with Crippen molar-refractivity contribution in [2.75, 3.05) is 20.2 Å². The first-order valence-electron chi connectivity index (χ1n) is 6.13. The Hall–Kier alpha value is -1.30. The zero-order valence-corrected chi connectivity index (χ0v) is 10.4. The maximum atomic E-state index is 11.6. The smallest absolute Gasteiger partial charge is 0.211 e. The van der Waals surface area contributed by atoms with Gasteiger partial charge in [-0.3, -0.25) is 14.7 Å². The fraction of sp³-hybridized carbons (Fsp3) is 0.538. The SMILES string of the molecule is CN1CCCC1c1ccc(C(=O)C(O)CO)nc1. The Bertz CT molecular complexity index is 419. The third kappa shape index (κ3) is 2.58. The van der Waals surface area contributed by atoms with Crippen LogP contribution in [0, 0.1) is 0 Å². The van der Waals surface area contributed by atoms with Crippen LogP contribution in [0.5, 0.6) is 0 Å². The van der Waals surface area contributed by atoms with E-state index in [0.29, 0.717) is 6.04 Å². The number of Topliss-reactive ketones (excluding diaryl/α,β-unsaturated/α-hetero) is 1. The van der Waals surface area contributed by atoms with Crippen molar-refractivity contribution in [3.05, 3.63) is 29.6 Å². The molecule has 1 aliphatic heterocycles. The largest absolute Gasteiger partial charge is 0.393 e. The highest BCUT2D eigenvalue weighted by Crippen LogP contribution is 2.29. The molecule has 0 spiro atoms. The molecule has 1 saturated heterocycles. The van der Waals surface area contributed by atoms with Crippen LogP contribution in [0.3, 0.4) is 0 Å². The first kappa shape index (κ1) is 13.1. The van der Waals surface area contributed by atoms with E-state index in [1.807, 2.05) is 6.07 Å². The van der Waals surface area contributed by atoms with Crippen LogP contribution in [-0.4, -0.2) is 52.2 Å². The summed E-state index contributed by atoms with van der Waals surface area (Å²) in [6.45, 7) is 0.502. The van der Waals surface area contributed by atoms with E-state index in [9.17, 15) is 9.90 Å². The van der Waals surface area contributed by atoms with Gasteiger partial charge in [-0.05, 0) is 38.1 Å². The summed E-state index contributed by atoms with van der Waals surface area (Å²) in [5, 5.41) is 18.0. The van der Waals surface area contributed by atoms with Crippen LogP contribution in [-0.2, 0) is 0 Å². The lowest BCUT2D eigenvalue weighted by molar-refractivity contribution is 0.0582. The highest BCUT2D eigenvalue weighted by Gasteiger charge is 2.23. The number of carbonyl (C=O) groups is 1. The lowest BCUT2D eigenvalue weighted by atomic mass is 10.1. The molecule has 1 aliphatic rings. The van der Waals surface area contributed by atoms with Gasteiger partial charge in [0.25, 0.3) is 0 Å². The minimum Gasteiger partial charge on any atom is -0.393 e. The Balaban J connectivity index is 2.12. The Morgan fingerprint density at radius 2 is 2.39 bits per heavy atom. The van der Waals surface area contributed by atoms with Crippen molar-refractivity contribution in [1.82, 2.24) is 9.88 Å². The summed E-state index contributed by atoms with van der Waals surface area (Å²) < 4.78 is 0. The zero-order valence-electron chi connectivity index (χ0n) is 10.4. The van der Waals surface area contributed by atoms with Crippen molar-refractivity contribution in [3.63, 3.8) is 0 Å². The van der Waals surface area contributed by atoms with Crippen molar-refractivity contribution in [2.24, 2.45) is 0 Å². The van der Waals surface area contributed by atoms with E-state index in [1.54, 1.807) is 12.3 Å². The monoisotopic (exact) mass is 250 g/mol. The second-order valence-corrected chi connectivity index (χ2v) is 4.68. The molecule has 1 aromatic heterocycles. The number of carbonyl (C=O) groups excluding carboxylic acids is 1. The molecule has 0 amide bonds. The van der Waals surface area contributed by atoms with Crippen LogP contribution >= 0.6 is 0 Å². The minimum absolute atomic E-state index is 0.195. The summed E-state index contributed by atoms with van der Waals surface area (Å²) in [5.41, 5.74) is 1.28. The average molecular weight is 250 g/mol. The number of rotatable bonds is 4. The molecule has 2 unspecified atom stereocenters. The van der Waals surface area contributed by atoms with Crippen molar-refractivity contribution in [1.29, 1.82) is 0 Å². The molecule has 2 rings (SSSR count). The number of hydrogen-bond acceptors (Lipinski definition) is 5. The molecule has 0 radical (unpaired) electrons. The van der Waals surface area contributed by atoms with Crippen LogP contribution in [0.1, 0.15) is 34.9 Å². The normalized spacial score (nSPS) is 22.1. The maximum absolute atomic E-state index is 11.6. The number of nitrogens with zero attached hydrogens (tertiary/aromatic N) is 2. The molecule has 2 N–H and O–H groups in total. The Morgan fingerprint density at radius 3 is 2.89 bits per heavy atom. The van der Waals surface area contributed by atoms with Gasteiger partial charge in [-0.1, -0.05) is 6.07 Å². The van der Waals surface area contributed by atoms with Crippen LogP contribution in [0.4, 0.5) is 0 Å². The topological polar surface area (TPSA) is 73.7 Å². The van der Waals surface area contributed by atoms with Gasteiger partial charge in [0.15, 0.2) is 0 Å². The van der Waals surface area contributed by atoms with Gasteiger partial charge in [-0.25, -0.2) is 0 Å². The van der Waals surface area contributed by atoms with Gasteiger partial charge in [-0.2, -0.15) is 0 Å². The molecule has 5 nitrogen and oxygen atoms in total. The van der Waals surface area contributed by atoms with E-state index in [-0.39, 0.29) is 5.69 Å². The predicted molar refractivity (Wildman–Crippen MR) is 66.3 cm³/mol. The molecule has 0 bridgehead atoms. The van der Waals surface area contributed by atoms with Crippen molar-refractivity contribution >= 4 is 5.78 Å². The van der Waals surface area contributed by atoms with Gasteiger partial charge in [0.05, 0.1) is 6.61 Å². The zero-order chi connectivity index (χ0) is 13.1. The fourth-order valence-electron chi connectivity index (χ4n) is 2.33. The summed E-state index contributed by atoms with van der Waals surface area (Å²) in [5.74, 6) is -0.538. The summed E-state index contributed by atoms with van der Waals surface area (Å²) >= 11 is 0. The van der Waals surface area contributed by atoms with Crippen LogP contribution < -0.4 is 0 Å². The maximum Gasteiger partial charge on any atom is 0.211 e. The van der Waals surface area contributed by atoms with E-state index in [2.05, 4.69) is 16.9 Å². The second-order valence-electron chi connectivity index (χ2n) is 4.68. The molecular formula is C13H18N2O3. The fourth-order valence-corrected chi connectivity index (χ4v) is 2.33. The van der Waals surface area contributed by atoms with Gasteiger partial charge in [0.2, 0.25) is 5.78 Å². The number of aliphatic hydroxyl groups is 2. The lowest BCUT2D eigenvalue weighted by Gasteiger charge is -2.19. The van der Waals surface area contributed by atoms with Crippen LogP contribution in [0.2, 0.25) is 0 Å². The molecule has 98 valence electrons. The minimum atomic E-state index is -1.38.